The Balaban J connectivity index is 2.23. The van der Waals surface area contributed by atoms with E-state index in [1.165, 1.54) is 13.5 Å². The van der Waals surface area contributed by atoms with Crippen LogP contribution in [0.25, 0.3) is 0 Å². The summed E-state index contributed by atoms with van der Waals surface area (Å²) in [6, 6.07) is 7.24. The molecule has 1 aliphatic rings. The Labute approximate surface area is 142 Å². The van der Waals surface area contributed by atoms with E-state index in [4.69, 9.17) is 16.3 Å². The quantitative estimate of drug-likeness (QED) is 0.765. The molecule has 1 aromatic rings. The van der Waals surface area contributed by atoms with Crippen LogP contribution in [0.15, 0.2) is 24.3 Å². The summed E-state index contributed by atoms with van der Waals surface area (Å²) in [4.78, 5) is 26.6. The van der Waals surface area contributed by atoms with E-state index in [2.05, 4.69) is 0 Å². The number of methoxy groups -OCH3 is 1. The van der Waals surface area contributed by atoms with E-state index < -0.39 is 0 Å². The molecule has 1 saturated carbocycles. The number of rotatable bonds is 5. The van der Waals surface area contributed by atoms with Crippen molar-refractivity contribution in [2.45, 2.75) is 45.1 Å². The number of ether oxygens (including phenoxy) is 1. The van der Waals surface area contributed by atoms with Crippen molar-refractivity contribution < 1.29 is 14.3 Å². The number of carbonyl (C=O) groups excluding carboxylic acids is 2. The standard InChI is InChI=1S/C18H24ClNO3/c1-13(18(22)23-2)12-20(14-8-4-3-5-9-14)17(21)15-10-6-7-11-16(15)19/h6-7,10-11,13-14H,3-5,8-9,12H2,1-2H3. The number of benzene rings is 1. The van der Waals surface area contributed by atoms with Gasteiger partial charge in [0.25, 0.3) is 5.91 Å². The van der Waals surface area contributed by atoms with Gasteiger partial charge in [-0.25, -0.2) is 0 Å². The van der Waals surface area contributed by atoms with Crippen molar-refractivity contribution in [2.75, 3.05) is 13.7 Å². The van der Waals surface area contributed by atoms with Gasteiger partial charge in [-0.1, -0.05) is 49.9 Å². The second-order valence-corrected chi connectivity index (χ2v) is 6.56. The lowest BCUT2D eigenvalue weighted by atomic mass is 9.93. The highest BCUT2D eigenvalue weighted by atomic mass is 35.5. The molecular formula is C18H24ClNO3. The van der Waals surface area contributed by atoms with Crippen molar-refractivity contribution in [2.24, 2.45) is 5.92 Å². The van der Waals surface area contributed by atoms with Crippen LogP contribution in [0.2, 0.25) is 5.02 Å². The number of nitrogens with zero attached hydrogens (tertiary/aromatic N) is 1. The molecule has 0 aliphatic heterocycles. The highest BCUT2D eigenvalue weighted by molar-refractivity contribution is 6.33. The summed E-state index contributed by atoms with van der Waals surface area (Å²) in [5.74, 6) is -0.746. The van der Waals surface area contributed by atoms with Gasteiger partial charge >= 0.3 is 5.97 Å². The van der Waals surface area contributed by atoms with Crippen molar-refractivity contribution in [3.8, 4) is 0 Å². The van der Waals surface area contributed by atoms with Crippen LogP contribution < -0.4 is 0 Å². The molecule has 0 heterocycles. The van der Waals surface area contributed by atoms with Crippen LogP contribution >= 0.6 is 11.6 Å². The molecule has 1 unspecified atom stereocenters. The third-order valence-electron chi connectivity index (χ3n) is 4.45. The van der Waals surface area contributed by atoms with E-state index in [1.54, 1.807) is 25.1 Å². The van der Waals surface area contributed by atoms with E-state index in [-0.39, 0.29) is 23.8 Å². The average molecular weight is 338 g/mol. The Hall–Kier alpha value is -1.55. The predicted molar refractivity (Wildman–Crippen MR) is 90.5 cm³/mol. The molecule has 1 amide bonds. The van der Waals surface area contributed by atoms with Crippen LogP contribution in [0.5, 0.6) is 0 Å². The number of hydrogen-bond donors (Lipinski definition) is 0. The topological polar surface area (TPSA) is 46.6 Å². The molecule has 0 saturated heterocycles. The Morgan fingerprint density at radius 2 is 1.91 bits per heavy atom. The van der Waals surface area contributed by atoms with Crippen LogP contribution in [-0.4, -0.2) is 36.5 Å². The van der Waals surface area contributed by atoms with Crippen molar-refractivity contribution in [3.63, 3.8) is 0 Å². The summed E-state index contributed by atoms with van der Waals surface area (Å²) >= 11 is 6.19. The zero-order chi connectivity index (χ0) is 16.8. The Kier molecular flexibility index (Phi) is 6.46. The van der Waals surface area contributed by atoms with Crippen molar-refractivity contribution in [1.82, 2.24) is 4.90 Å². The third kappa shape index (κ3) is 4.47. The van der Waals surface area contributed by atoms with Crippen molar-refractivity contribution in [1.29, 1.82) is 0 Å². The molecule has 0 radical (unpaired) electrons. The smallest absolute Gasteiger partial charge is 0.310 e. The number of halogens is 1. The maximum Gasteiger partial charge on any atom is 0.310 e. The largest absolute Gasteiger partial charge is 0.469 e. The minimum absolute atomic E-state index is 0.0988. The molecule has 1 aliphatic carbocycles. The zero-order valence-electron chi connectivity index (χ0n) is 13.8. The van der Waals surface area contributed by atoms with Crippen LogP contribution in [0, 0.1) is 5.92 Å². The molecule has 0 bridgehead atoms. The van der Waals surface area contributed by atoms with Crippen LogP contribution in [0.1, 0.15) is 49.4 Å². The summed E-state index contributed by atoms with van der Waals surface area (Å²) in [7, 11) is 1.37. The molecule has 1 aromatic carbocycles. The van der Waals surface area contributed by atoms with Gasteiger partial charge in [-0.3, -0.25) is 9.59 Å². The van der Waals surface area contributed by atoms with E-state index in [0.717, 1.165) is 25.7 Å². The van der Waals surface area contributed by atoms with E-state index >= 15 is 0 Å². The van der Waals surface area contributed by atoms with Crippen molar-refractivity contribution in [3.05, 3.63) is 34.9 Å². The Bertz CT molecular complexity index is 555. The minimum Gasteiger partial charge on any atom is -0.469 e. The molecule has 1 atom stereocenters. The molecule has 0 N–H and O–H groups in total. The first-order valence-electron chi connectivity index (χ1n) is 8.18. The zero-order valence-corrected chi connectivity index (χ0v) is 14.5. The maximum atomic E-state index is 13.0. The fourth-order valence-electron chi connectivity index (χ4n) is 3.15. The Morgan fingerprint density at radius 1 is 1.26 bits per heavy atom. The lowest BCUT2D eigenvalue weighted by Crippen LogP contribution is -2.45. The summed E-state index contributed by atoms with van der Waals surface area (Å²) in [6.07, 6.45) is 5.39. The Morgan fingerprint density at radius 3 is 2.52 bits per heavy atom. The molecule has 4 nitrogen and oxygen atoms in total. The van der Waals surface area contributed by atoms with Crippen LogP contribution in [-0.2, 0) is 9.53 Å². The van der Waals surface area contributed by atoms with E-state index in [9.17, 15) is 9.59 Å². The molecule has 0 spiro atoms. The lowest BCUT2D eigenvalue weighted by molar-refractivity contribution is -0.145. The normalized spacial score (nSPS) is 16.7. The number of esters is 1. The van der Waals surface area contributed by atoms with E-state index in [0.29, 0.717) is 17.1 Å². The molecule has 23 heavy (non-hydrogen) atoms. The van der Waals surface area contributed by atoms with Crippen LogP contribution in [0.4, 0.5) is 0 Å². The molecule has 2 rings (SSSR count). The SMILES string of the molecule is COC(=O)C(C)CN(C(=O)c1ccccc1Cl)C1CCCCC1. The van der Waals surface area contributed by atoms with Gasteiger partial charge < -0.3 is 9.64 Å². The van der Waals surface area contributed by atoms with Crippen LogP contribution in [0.3, 0.4) is 0 Å². The fraction of sp³-hybridized carbons (Fsp3) is 0.556. The summed E-state index contributed by atoms with van der Waals surface area (Å²) in [6.45, 7) is 2.16. The summed E-state index contributed by atoms with van der Waals surface area (Å²) in [5.41, 5.74) is 0.497. The second-order valence-electron chi connectivity index (χ2n) is 6.15. The third-order valence-corrected chi connectivity index (χ3v) is 4.78. The van der Waals surface area contributed by atoms with Gasteiger partial charge in [0.1, 0.15) is 0 Å². The molecule has 126 valence electrons. The molecule has 0 aromatic heterocycles. The number of hydrogen-bond acceptors (Lipinski definition) is 3. The van der Waals surface area contributed by atoms with E-state index in [1.807, 2.05) is 11.0 Å². The average Bonchev–Trinajstić information content (AvgIpc) is 2.59. The minimum atomic E-state index is -0.353. The monoisotopic (exact) mass is 337 g/mol. The highest BCUT2D eigenvalue weighted by Crippen LogP contribution is 2.27. The molecule has 5 heteroatoms. The maximum absolute atomic E-state index is 13.0. The van der Waals surface area contributed by atoms with Gasteiger partial charge in [0.2, 0.25) is 0 Å². The van der Waals surface area contributed by atoms with Gasteiger partial charge in [-0.05, 0) is 25.0 Å². The predicted octanol–water partition coefficient (Wildman–Crippen LogP) is 3.92. The first-order chi connectivity index (χ1) is 11.0. The highest BCUT2D eigenvalue weighted by Gasteiger charge is 2.30. The van der Waals surface area contributed by atoms with Gasteiger partial charge in [-0.2, -0.15) is 0 Å². The molecule has 1 fully saturated rings. The number of amides is 1. The first kappa shape index (κ1) is 17.8. The summed E-state index contributed by atoms with van der Waals surface area (Å²) in [5, 5.41) is 0.448. The molecular weight excluding hydrogens is 314 g/mol. The first-order valence-corrected chi connectivity index (χ1v) is 8.55. The van der Waals surface area contributed by atoms with Gasteiger partial charge in [0, 0.05) is 12.6 Å². The van der Waals surface area contributed by atoms with Crippen molar-refractivity contribution >= 4 is 23.5 Å². The number of carbonyl (C=O) groups is 2. The second kappa shape index (κ2) is 8.34. The van der Waals surface area contributed by atoms with Gasteiger partial charge in [0.15, 0.2) is 0 Å². The summed E-state index contributed by atoms with van der Waals surface area (Å²) < 4.78 is 4.81. The van der Waals surface area contributed by atoms with Gasteiger partial charge in [-0.15, -0.1) is 0 Å². The fourth-order valence-corrected chi connectivity index (χ4v) is 3.37. The lowest BCUT2D eigenvalue weighted by Gasteiger charge is -2.35. The van der Waals surface area contributed by atoms with Gasteiger partial charge in [0.05, 0.1) is 23.6 Å².